The molecule has 0 aromatic rings. The Labute approximate surface area is 335 Å². The number of esters is 1. The zero-order valence-corrected chi connectivity index (χ0v) is 34.7. The third kappa shape index (κ3) is 28.9. The van der Waals surface area contributed by atoms with Gasteiger partial charge in [-0.25, -0.2) is 0 Å². The smallest absolute Gasteiger partial charge is 0.306 e. The molecule has 0 bridgehead atoms. The van der Waals surface area contributed by atoms with E-state index in [1.54, 1.807) is 0 Å². The molecule has 6 atom stereocenters. The Morgan fingerprint density at radius 2 is 1.11 bits per heavy atom. The van der Waals surface area contributed by atoms with Gasteiger partial charge in [-0.3, -0.25) is 4.79 Å². The number of carbonyl (C=O) groups excluding carboxylic acids is 1. The molecule has 318 valence electrons. The number of aliphatic hydroxyl groups is 4. The molecule has 1 fully saturated rings. The third-order valence-corrected chi connectivity index (χ3v) is 9.70. The predicted molar refractivity (Wildman–Crippen MR) is 224 cm³/mol. The van der Waals surface area contributed by atoms with Crippen molar-refractivity contribution in [2.45, 2.75) is 198 Å². The molecular weight excluding hydrogens is 696 g/mol. The number of rotatable bonds is 36. The lowest BCUT2D eigenvalue weighted by Gasteiger charge is -2.39. The average molecular weight is 777 g/mol. The summed E-state index contributed by atoms with van der Waals surface area (Å²) in [6.45, 7) is 4.40. The molecule has 0 aromatic carbocycles. The van der Waals surface area contributed by atoms with Crippen LogP contribution in [-0.4, -0.2) is 89.6 Å². The van der Waals surface area contributed by atoms with Gasteiger partial charge in [-0.15, -0.1) is 0 Å². The van der Waals surface area contributed by atoms with Crippen LogP contribution in [0.3, 0.4) is 0 Å². The monoisotopic (exact) mass is 777 g/mol. The second kappa shape index (κ2) is 37.5. The van der Waals surface area contributed by atoms with Crippen LogP contribution in [0.1, 0.15) is 162 Å². The summed E-state index contributed by atoms with van der Waals surface area (Å²) >= 11 is 0. The number of carbonyl (C=O) groups is 1. The lowest BCUT2D eigenvalue weighted by molar-refractivity contribution is -0.305. The maximum Gasteiger partial charge on any atom is 0.306 e. The zero-order chi connectivity index (χ0) is 40.0. The number of ether oxygens (including phenoxy) is 4. The standard InChI is InChI=1S/C46H80O9/c1-3-5-7-9-11-13-14-15-16-17-18-19-20-21-22-23-24-25-26-27-29-31-33-35-42(48)54-40(38-52-36-34-32-30-28-12-10-8-6-4-2)39-53-46-45(51)44(50)43(49)41(37-47)55-46/h5,7,11,13,15-16,18-19,21-22,40-41,43-47,49-51H,3-4,6,8-10,12,14,17,20,23-39H2,1-2H3/b7-5-,13-11-,16-15-,19-18-,22-21-. The van der Waals surface area contributed by atoms with Gasteiger partial charge in [0.25, 0.3) is 0 Å². The Kier molecular flexibility index (Phi) is 34.7. The Morgan fingerprint density at radius 3 is 1.67 bits per heavy atom. The first-order valence-electron chi connectivity index (χ1n) is 21.9. The van der Waals surface area contributed by atoms with Gasteiger partial charge < -0.3 is 39.4 Å². The molecule has 0 radical (unpaired) electrons. The topological polar surface area (TPSA) is 135 Å². The molecular formula is C46H80O9. The normalized spacial score (nSPS) is 21.3. The molecule has 1 aliphatic rings. The number of hydrogen-bond acceptors (Lipinski definition) is 9. The molecule has 0 spiro atoms. The number of unbranched alkanes of at least 4 members (excludes halogenated alkanes) is 15. The van der Waals surface area contributed by atoms with Gasteiger partial charge >= 0.3 is 5.97 Å². The van der Waals surface area contributed by atoms with Gasteiger partial charge in [0.2, 0.25) is 0 Å². The minimum Gasteiger partial charge on any atom is -0.457 e. The van der Waals surface area contributed by atoms with E-state index in [-0.39, 0.29) is 19.2 Å². The van der Waals surface area contributed by atoms with E-state index in [2.05, 4.69) is 74.6 Å². The van der Waals surface area contributed by atoms with Crippen LogP contribution >= 0.6 is 0 Å². The molecule has 1 saturated heterocycles. The van der Waals surface area contributed by atoms with Gasteiger partial charge in [0, 0.05) is 13.0 Å². The summed E-state index contributed by atoms with van der Waals surface area (Å²) in [7, 11) is 0. The molecule has 0 aliphatic carbocycles. The Hall–Kier alpha value is -2.11. The van der Waals surface area contributed by atoms with E-state index >= 15 is 0 Å². The lowest BCUT2D eigenvalue weighted by Crippen LogP contribution is -2.59. The van der Waals surface area contributed by atoms with Crippen LogP contribution in [0.15, 0.2) is 60.8 Å². The molecule has 1 aliphatic heterocycles. The molecule has 55 heavy (non-hydrogen) atoms. The largest absolute Gasteiger partial charge is 0.457 e. The van der Waals surface area contributed by atoms with Crippen molar-refractivity contribution in [1.82, 2.24) is 0 Å². The first-order chi connectivity index (χ1) is 26.9. The summed E-state index contributed by atoms with van der Waals surface area (Å²) in [6, 6.07) is 0. The van der Waals surface area contributed by atoms with Crippen molar-refractivity contribution >= 4 is 5.97 Å². The van der Waals surface area contributed by atoms with Gasteiger partial charge in [-0.05, 0) is 57.8 Å². The maximum atomic E-state index is 12.7. The number of aliphatic hydroxyl groups excluding tert-OH is 4. The molecule has 1 rings (SSSR count). The minimum absolute atomic E-state index is 0.119. The molecule has 1 heterocycles. The summed E-state index contributed by atoms with van der Waals surface area (Å²) in [5.41, 5.74) is 0. The van der Waals surface area contributed by atoms with Crippen LogP contribution < -0.4 is 0 Å². The highest BCUT2D eigenvalue weighted by atomic mass is 16.7. The summed E-state index contributed by atoms with van der Waals surface area (Å²) < 4.78 is 22.7. The van der Waals surface area contributed by atoms with E-state index in [1.165, 1.54) is 64.2 Å². The second-order valence-corrected chi connectivity index (χ2v) is 14.8. The first kappa shape index (κ1) is 50.9. The second-order valence-electron chi connectivity index (χ2n) is 14.8. The molecule has 0 saturated carbocycles. The quantitative estimate of drug-likeness (QED) is 0.0279. The molecule has 6 unspecified atom stereocenters. The number of hydrogen-bond donors (Lipinski definition) is 4. The summed E-state index contributed by atoms with van der Waals surface area (Å²) in [6.07, 6.45) is 39.6. The van der Waals surface area contributed by atoms with Crippen molar-refractivity contribution in [3.05, 3.63) is 60.8 Å². The van der Waals surface area contributed by atoms with Gasteiger partial charge in [0.15, 0.2) is 6.29 Å². The van der Waals surface area contributed by atoms with Crippen LogP contribution in [0.5, 0.6) is 0 Å². The van der Waals surface area contributed by atoms with Crippen molar-refractivity contribution in [1.29, 1.82) is 0 Å². The van der Waals surface area contributed by atoms with Crippen molar-refractivity contribution in [3.63, 3.8) is 0 Å². The highest BCUT2D eigenvalue weighted by Crippen LogP contribution is 2.22. The van der Waals surface area contributed by atoms with Crippen molar-refractivity contribution in [2.75, 3.05) is 26.4 Å². The fourth-order valence-electron chi connectivity index (χ4n) is 6.28. The van der Waals surface area contributed by atoms with Gasteiger partial charge in [-0.1, -0.05) is 158 Å². The van der Waals surface area contributed by atoms with E-state index in [9.17, 15) is 25.2 Å². The van der Waals surface area contributed by atoms with E-state index in [0.29, 0.717) is 13.0 Å². The summed E-state index contributed by atoms with van der Waals surface area (Å²) in [5.74, 6) is -0.328. The molecule has 9 heteroatoms. The lowest BCUT2D eigenvalue weighted by atomic mass is 9.99. The van der Waals surface area contributed by atoms with E-state index in [1.807, 2.05) is 0 Å². The zero-order valence-electron chi connectivity index (χ0n) is 34.7. The van der Waals surface area contributed by atoms with Gasteiger partial charge in [-0.2, -0.15) is 0 Å². The van der Waals surface area contributed by atoms with Crippen LogP contribution in [0.4, 0.5) is 0 Å². The van der Waals surface area contributed by atoms with Crippen LogP contribution in [-0.2, 0) is 23.7 Å². The maximum absolute atomic E-state index is 12.7. The van der Waals surface area contributed by atoms with Crippen molar-refractivity contribution < 1.29 is 44.2 Å². The number of allylic oxidation sites excluding steroid dienone is 10. The van der Waals surface area contributed by atoms with E-state index in [0.717, 1.165) is 77.0 Å². The van der Waals surface area contributed by atoms with Gasteiger partial charge in [0.05, 0.1) is 19.8 Å². The average Bonchev–Trinajstić information content (AvgIpc) is 3.18. The van der Waals surface area contributed by atoms with Crippen LogP contribution in [0.2, 0.25) is 0 Å². The fraction of sp³-hybridized carbons (Fsp3) is 0.761. The minimum atomic E-state index is -1.54. The predicted octanol–water partition coefficient (Wildman–Crippen LogP) is 9.52. The van der Waals surface area contributed by atoms with E-state index < -0.39 is 43.4 Å². The highest BCUT2D eigenvalue weighted by molar-refractivity contribution is 5.69. The molecule has 4 N–H and O–H groups in total. The van der Waals surface area contributed by atoms with E-state index in [4.69, 9.17) is 18.9 Å². The van der Waals surface area contributed by atoms with Crippen molar-refractivity contribution in [2.24, 2.45) is 0 Å². The SMILES string of the molecule is CC/C=C\C/C=C\C/C=C\C/C=C\C/C=C\CCCCCCCCCC(=O)OC(COCCCCCCCCCCC)COC1OC(CO)C(O)C(O)C1O. The van der Waals surface area contributed by atoms with Gasteiger partial charge in [0.1, 0.15) is 30.5 Å². The Morgan fingerprint density at radius 1 is 0.600 bits per heavy atom. The molecule has 9 nitrogen and oxygen atoms in total. The highest BCUT2D eigenvalue weighted by Gasteiger charge is 2.44. The molecule has 0 aromatic heterocycles. The Balaban J connectivity index is 2.23. The fourth-order valence-corrected chi connectivity index (χ4v) is 6.28. The van der Waals surface area contributed by atoms with Crippen LogP contribution in [0, 0.1) is 0 Å². The first-order valence-corrected chi connectivity index (χ1v) is 21.9. The third-order valence-electron chi connectivity index (χ3n) is 9.70. The Bertz CT molecular complexity index is 1020. The van der Waals surface area contributed by atoms with Crippen LogP contribution in [0.25, 0.3) is 0 Å². The van der Waals surface area contributed by atoms with Crippen molar-refractivity contribution in [3.8, 4) is 0 Å². The molecule has 0 amide bonds. The summed E-state index contributed by atoms with van der Waals surface area (Å²) in [5, 5.41) is 40.0. The summed E-state index contributed by atoms with van der Waals surface area (Å²) in [4.78, 5) is 12.7.